The Kier molecular flexibility index (Phi) is 5.61. The highest BCUT2D eigenvalue weighted by Crippen LogP contribution is 2.32. The van der Waals surface area contributed by atoms with Crippen molar-refractivity contribution >= 4 is 16.8 Å². The molecule has 0 aliphatic heterocycles. The molecule has 26 heavy (non-hydrogen) atoms. The van der Waals surface area contributed by atoms with E-state index in [1.54, 1.807) is 6.07 Å². The van der Waals surface area contributed by atoms with Crippen LogP contribution in [-0.4, -0.2) is 49.2 Å². The third kappa shape index (κ3) is 4.64. The molecule has 1 N–H and O–H groups in total. The van der Waals surface area contributed by atoms with E-state index in [-0.39, 0.29) is 18.1 Å². The number of carbonyl (C=O) groups is 1. The number of pyridine rings is 1. The van der Waals surface area contributed by atoms with Gasteiger partial charge in [0.05, 0.1) is 5.52 Å². The molecule has 0 radical (unpaired) electrons. The van der Waals surface area contributed by atoms with Crippen LogP contribution in [0.1, 0.15) is 18.4 Å². The molecule has 1 fully saturated rings. The van der Waals surface area contributed by atoms with Crippen LogP contribution in [0.25, 0.3) is 10.9 Å². The van der Waals surface area contributed by atoms with Crippen molar-refractivity contribution in [2.24, 2.45) is 5.92 Å². The van der Waals surface area contributed by atoms with Gasteiger partial charge in [-0.25, -0.2) is 0 Å². The van der Waals surface area contributed by atoms with Crippen molar-refractivity contribution in [3.63, 3.8) is 0 Å². The molecule has 1 aliphatic rings. The van der Waals surface area contributed by atoms with Gasteiger partial charge in [-0.2, -0.15) is 0 Å². The number of nitrogens with zero attached hydrogens (tertiary/aromatic N) is 2. The van der Waals surface area contributed by atoms with Crippen molar-refractivity contribution in [1.29, 1.82) is 0 Å². The second kappa shape index (κ2) is 7.91. The molecule has 1 saturated carbocycles. The van der Waals surface area contributed by atoms with Gasteiger partial charge in [-0.3, -0.25) is 9.59 Å². The number of benzene rings is 1. The number of ether oxygens (including phenoxy) is 1. The van der Waals surface area contributed by atoms with E-state index in [2.05, 4.69) is 5.32 Å². The molecule has 2 aromatic rings. The molecule has 1 aromatic heterocycles. The highest BCUT2D eigenvalue weighted by Gasteiger charge is 2.23. The molecular formula is C20H27N3O3. The zero-order valence-corrected chi connectivity index (χ0v) is 15.7. The Morgan fingerprint density at radius 2 is 2.08 bits per heavy atom. The van der Waals surface area contributed by atoms with E-state index < -0.39 is 0 Å². The summed E-state index contributed by atoms with van der Waals surface area (Å²) in [4.78, 5) is 26.3. The highest BCUT2D eigenvalue weighted by atomic mass is 16.5. The van der Waals surface area contributed by atoms with Gasteiger partial charge in [0.15, 0.2) is 6.61 Å². The summed E-state index contributed by atoms with van der Waals surface area (Å²) in [6.07, 6.45) is 2.37. The molecule has 0 atom stereocenters. The Hall–Kier alpha value is -2.34. The summed E-state index contributed by atoms with van der Waals surface area (Å²) < 4.78 is 7.49. The number of nitrogens with one attached hydrogen (secondary N) is 1. The van der Waals surface area contributed by atoms with E-state index in [0.717, 1.165) is 29.6 Å². The molecule has 3 rings (SSSR count). The largest absolute Gasteiger partial charge is 0.484 e. The molecule has 0 spiro atoms. The Morgan fingerprint density at radius 3 is 2.77 bits per heavy atom. The van der Waals surface area contributed by atoms with Gasteiger partial charge >= 0.3 is 0 Å². The van der Waals surface area contributed by atoms with Gasteiger partial charge in [0.1, 0.15) is 5.75 Å². The summed E-state index contributed by atoms with van der Waals surface area (Å²) in [6.45, 7) is 4.05. The van der Waals surface area contributed by atoms with Gasteiger partial charge in [0.25, 0.3) is 11.5 Å². The minimum atomic E-state index is -0.147. The third-order valence-corrected chi connectivity index (χ3v) is 4.68. The van der Waals surface area contributed by atoms with E-state index in [0.29, 0.717) is 18.2 Å². The van der Waals surface area contributed by atoms with Crippen molar-refractivity contribution in [2.45, 2.75) is 26.3 Å². The number of aryl methyl sites for hydroxylation is 1. The van der Waals surface area contributed by atoms with E-state index >= 15 is 0 Å². The molecule has 1 aromatic carbocycles. The Bertz CT molecular complexity index is 853. The number of hydrogen-bond acceptors (Lipinski definition) is 4. The fourth-order valence-electron chi connectivity index (χ4n) is 2.98. The van der Waals surface area contributed by atoms with Gasteiger partial charge < -0.3 is 19.5 Å². The SMILES string of the molecule is Cc1cc(=O)n(CC2CC2)c2cc(OCC(=O)NCCN(C)C)ccc12. The molecule has 1 amide bonds. The van der Waals surface area contributed by atoms with Gasteiger partial charge in [-0.05, 0) is 57.5 Å². The van der Waals surface area contributed by atoms with E-state index in [4.69, 9.17) is 4.74 Å². The van der Waals surface area contributed by atoms with Gasteiger partial charge in [0, 0.05) is 37.2 Å². The average molecular weight is 357 g/mol. The van der Waals surface area contributed by atoms with Crippen LogP contribution in [0.15, 0.2) is 29.1 Å². The second-order valence-electron chi connectivity index (χ2n) is 7.34. The zero-order chi connectivity index (χ0) is 18.7. The lowest BCUT2D eigenvalue weighted by Gasteiger charge is -2.14. The minimum absolute atomic E-state index is 0.0282. The molecule has 0 bridgehead atoms. The predicted octanol–water partition coefficient (Wildman–Crippen LogP) is 1.78. The summed E-state index contributed by atoms with van der Waals surface area (Å²) in [5.74, 6) is 1.06. The van der Waals surface area contributed by atoms with Crippen LogP contribution >= 0.6 is 0 Å². The zero-order valence-electron chi connectivity index (χ0n) is 15.7. The summed E-state index contributed by atoms with van der Waals surface area (Å²) in [5.41, 5.74) is 1.87. The fraction of sp³-hybridized carbons (Fsp3) is 0.500. The van der Waals surface area contributed by atoms with Crippen LogP contribution in [0.2, 0.25) is 0 Å². The molecule has 6 nitrogen and oxygen atoms in total. The summed E-state index contributed by atoms with van der Waals surface area (Å²) in [7, 11) is 3.92. The van der Waals surface area contributed by atoms with Crippen molar-refractivity contribution in [3.8, 4) is 5.75 Å². The average Bonchev–Trinajstić information content (AvgIpc) is 3.40. The van der Waals surface area contributed by atoms with Crippen molar-refractivity contribution in [2.75, 3.05) is 33.8 Å². The van der Waals surface area contributed by atoms with Crippen molar-refractivity contribution < 1.29 is 9.53 Å². The van der Waals surface area contributed by atoms with Crippen LogP contribution in [0.5, 0.6) is 5.75 Å². The van der Waals surface area contributed by atoms with Gasteiger partial charge in [-0.1, -0.05) is 0 Å². The fourth-order valence-corrected chi connectivity index (χ4v) is 2.98. The molecule has 1 heterocycles. The lowest BCUT2D eigenvalue weighted by atomic mass is 10.1. The first-order valence-corrected chi connectivity index (χ1v) is 9.12. The maximum absolute atomic E-state index is 12.4. The van der Waals surface area contributed by atoms with Gasteiger partial charge in [-0.15, -0.1) is 0 Å². The van der Waals surface area contributed by atoms with Crippen LogP contribution < -0.4 is 15.6 Å². The Balaban J connectivity index is 1.73. The maximum Gasteiger partial charge on any atom is 0.257 e. The summed E-state index contributed by atoms with van der Waals surface area (Å²) in [5, 5.41) is 3.87. The predicted molar refractivity (Wildman–Crippen MR) is 103 cm³/mol. The van der Waals surface area contributed by atoms with Crippen LogP contribution in [-0.2, 0) is 11.3 Å². The molecule has 140 valence electrons. The Labute approximate surface area is 153 Å². The topological polar surface area (TPSA) is 63.6 Å². The van der Waals surface area contributed by atoms with Crippen molar-refractivity contribution in [1.82, 2.24) is 14.8 Å². The standard InChI is InChI=1S/C20H27N3O3/c1-14-10-20(25)23(12-15-4-5-15)18-11-16(6-7-17(14)18)26-13-19(24)21-8-9-22(2)3/h6-7,10-11,15H,4-5,8-9,12-13H2,1-3H3,(H,21,24). The number of likely N-dealkylation sites (N-methyl/N-ethyl adjacent to an activating group) is 1. The van der Waals surface area contributed by atoms with Crippen LogP contribution in [0, 0.1) is 12.8 Å². The van der Waals surface area contributed by atoms with E-state index in [1.807, 2.05) is 48.7 Å². The number of fused-ring (bicyclic) bond motifs is 1. The first kappa shape index (κ1) is 18.5. The maximum atomic E-state index is 12.4. The number of carbonyl (C=O) groups excluding carboxylic acids is 1. The number of aromatic nitrogens is 1. The number of rotatable bonds is 8. The smallest absolute Gasteiger partial charge is 0.257 e. The van der Waals surface area contributed by atoms with Crippen LogP contribution in [0.4, 0.5) is 0 Å². The first-order chi connectivity index (χ1) is 12.4. The molecule has 0 unspecified atom stereocenters. The number of amides is 1. The van der Waals surface area contributed by atoms with E-state index in [9.17, 15) is 9.59 Å². The lowest BCUT2D eigenvalue weighted by Crippen LogP contribution is -2.34. The second-order valence-corrected chi connectivity index (χ2v) is 7.34. The highest BCUT2D eigenvalue weighted by molar-refractivity contribution is 5.84. The van der Waals surface area contributed by atoms with Crippen LogP contribution in [0.3, 0.4) is 0 Å². The molecule has 1 aliphatic carbocycles. The third-order valence-electron chi connectivity index (χ3n) is 4.68. The quantitative estimate of drug-likeness (QED) is 0.782. The normalized spacial score (nSPS) is 14.0. The molecule has 0 saturated heterocycles. The van der Waals surface area contributed by atoms with Gasteiger partial charge in [0.2, 0.25) is 0 Å². The summed E-state index contributed by atoms with van der Waals surface area (Å²) >= 11 is 0. The number of hydrogen-bond donors (Lipinski definition) is 1. The monoisotopic (exact) mass is 357 g/mol. The van der Waals surface area contributed by atoms with Crippen molar-refractivity contribution in [3.05, 3.63) is 40.2 Å². The first-order valence-electron chi connectivity index (χ1n) is 9.12. The minimum Gasteiger partial charge on any atom is -0.484 e. The molecular weight excluding hydrogens is 330 g/mol. The molecule has 6 heteroatoms. The van der Waals surface area contributed by atoms with E-state index in [1.165, 1.54) is 12.8 Å². The lowest BCUT2D eigenvalue weighted by molar-refractivity contribution is -0.123. The summed E-state index contributed by atoms with van der Waals surface area (Å²) in [6, 6.07) is 7.39. The Morgan fingerprint density at radius 1 is 1.31 bits per heavy atom.